The van der Waals surface area contributed by atoms with Crippen molar-refractivity contribution in [3.63, 3.8) is 0 Å². The van der Waals surface area contributed by atoms with E-state index in [0.717, 1.165) is 16.6 Å². The van der Waals surface area contributed by atoms with E-state index in [0.29, 0.717) is 6.04 Å². The van der Waals surface area contributed by atoms with Crippen molar-refractivity contribution in [3.05, 3.63) is 37.4 Å². The molecule has 2 rings (SSSR count). The molecule has 0 fully saturated rings. The van der Waals surface area contributed by atoms with Crippen LogP contribution in [0, 0.1) is 0 Å². The molecule has 19 heavy (non-hydrogen) atoms. The average molecular weight is 315 g/mol. The van der Waals surface area contributed by atoms with E-state index in [1.165, 1.54) is 9.88 Å². The number of halogens is 1. The fourth-order valence-electron chi connectivity index (χ4n) is 1.65. The molecule has 0 bridgehead atoms. The molecule has 2 aromatic heterocycles. The highest BCUT2D eigenvalue weighted by molar-refractivity contribution is 7.16. The SMILES string of the molecule is CC(NCc1csc(C(C)(C)C)n1)c1ccc(Cl)s1. The lowest BCUT2D eigenvalue weighted by Gasteiger charge is -2.14. The molecule has 0 radical (unpaired) electrons. The number of hydrogen-bond donors (Lipinski definition) is 1. The van der Waals surface area contributed by atoms with Gasteiger partial charge in [0.25, 0.3) is 0 Å². The molecule has 0 aromatic carbocycles. The van der Waals surface area contributed by atoms with Gasteiger partial charge in [0.2, 0.25) is 0 Å². The molecular weight excluding hydrogens is 296 g/mol. The Labute approximate surface area is 127 Å². The van der Waals surface area contributed by atoms with Crippen LogP contribution in [-0.2, 0) is 12.0 Å². The van der Waals surface area contributed by atoms with E-state index in [-0.39, 0.29) is 5.41 Å². The van der Waals surface area contributed by atoms with Crippen LogP contribution >= 0.6 is 34.3 Å². The third kappa shape index (κ3) is 4.02. The van der Waals surface area contributed by atoms with Crippen LogP contribution in [0.3, 0.4) is 0 Å². The molecule has 1 atom stereocenters. The lowest BCUT2D eigenvalue weighted by molar-refractivity contribution is 0.561. The van der Waals surface area contributed by atoms with E-state index < -0.39 is 0 Å². The maximum atomic E-state index is 5.96. The van der Waals surface area contributed by atoms with Crippen molar-refractivity contribution in [3.8, 4) is 0 Å². The van der Waals surface area contributed by atoms with Crippen molar-refractivity contribution in [2.24, 2.45) is 0 Å². The van der Waals surface area contributed by atoms with E-state index in [9.17, 15) is 0 Å². The summed E-state index contributed by atoms with van der Waals surface area (Å²) in [6.07, 6.45) is 0. The summed E-state index contributed by atoms with van der Waals surface area (Å²) in [6.45, 7) is 9.53. The molecule has 0 aliphatic heterocycles. The topological polar surface area (TPSA) is 24.9 Å². The highest BCUT2D eigenvalue weighted by Crippen LogP contribution is 2.28. The molecule has 0 saturated heterocycles. The summed E-state index contributed by atoms with van der Waals surface area (Å²) in [6, 6.07) is 4.32. The molecule has 1 unspecified atom stereocenters. The number of thiophene rings is 1. The fraction of sp³-hybridized carbons (Fsp3) is 0.500. The molecule has 1 N–H and O–H groups in total. The van der Waals surface area contributed by atoms with Gasteiger partial charge in [0.05, 0.1) is 15.0 Å². The summed E-state index contributed by atoms with van der Waals surface area (Å²) >= 11 is 9.32. The first kappa shape index (κ1) is 15.0. The van der Waals surface area contributed by atoms with Gasteiger partial charge in [-0.05, 0) is 19.1 Å². The Kier molecular flexibility index (Phi) is 4.66. The maximum absolute atomic E-state index is 5.96. The summed E-state index contributed by atoms with van der Waals surface area (Å²) in [5.41, 5.74) is 1.25. The van der Waals surface area contributed by atoms with Crippen LogP contribution in [0.25, 0.3) is 0 Å². The minimum Gasteiger partial charge on any atom is -0.304 e. The van der Waals surface area contributed by atoms with Gasteiger partial charge >= 0.3 is 0 Å². The van der Waals surface area contributed by atoms with Crippen molar-refractivity contribution in [1.29, 1.82) is 0 Å². The van der Waals surface area contributed by atoms with Crippen LogP contribution < -0.4 is 5.32 Å². The monoisotopic (exact) mass is 314 g/mol. The maximum Gasteiger partial charge on any atom is 0.0982 e. The van der Waals surface area contributed by atoms with Gasteiger partial charge in [0, 0.05) is 28.3 Å². The van der Waals surface area contributed by atoms with Gasteiger partial charge in [-0.3, -0.25) is 0 Å². The van der Waals surface area contributed by atoms with Gasteiger partial charge in [-0.15, -0.1) is 22.7 Å². The second-order valence-corrected chi connectivity index (χ2v) is 8.24. The smallest absolute Gasteiger partial charge is 0.0982 e. The normalized spacial score (nSPS) is 13.7. The van der Waals surface area contributed by atoms with E-state index in [1.807, 2.05) is 6.07 Å². The second kappa shape index (κ2) is 5.92. The van der Waals surface area contributed by atoms with Gasteiger partial charge in [-0.1, -0.05) is 32.4 Å². The molecule has 104 valence electrons. The Hall–Kier alpha value is -0.420. The first-order chi connectivity index (χ1) is 8.86. The summed E-state index contributed by atoms with van der Waals surface area (Å²) < 4.78 is 0.840. The third-order valence-corrected chi connectivity index (χ3v) is 5.53. The lowest BCUT2D eigenvalue weighted by atomic mass is 9.98. The standard InChI is InChI=1S/C14H19ClN2S2/c1-9(11-5-6-12(15)19-11)16-7-10-8-18-13(17-10)14(2,3)4/h5-6,8-9,16H,7H2,1-4H3. The Morgan fingerprint density at radius 1 is 1.37 bits per heavy atom. The first-order valence-corrected chi connectivity index (χ1v) is 8.37. The Morgan fingerprint density at radius 2 is 2.11 bits per heavy atom. The van der Waals surface area contributed by atoms with Crippen LogP contribution in [0.5, 0.6) is 0 Å². The minimum absolute atomic E-state index is 0.135. The van der Waals surface area contributed by atoms with E-state index in [4.69, 9.17) is 11.6 Å². The number of aromatic nitrogens is 1. The zero-order valence-electron chi connectivity index (χ0n) is 11.7. The van der Waals surface area contributed by atoms with Gasteiger partial charge in [-0.25, -0.2) is 4.98 Å². The first-order valence-electron chi connectivity index (χ1n) is 6.30. The van der Waals surface area contributed by atoms with Crippen LogP contribution in [0.15, 0.2) is 17.5 Å². The number of rotatable bonds is 4. The van der Waals surface area contributed by atoms with Gasteiger partial charge < -0.3 is 5.32 Å². The Bertz CT molecular complexity index is 540. The molecule has 2 heterocycles. The molecule has 0 aliphatic rings. The van der Waals surface area contributed by atoms with Crippen molar-refractivity contribution in [1.82, 2.24) is 10.3 Å². The molecule has 0 saturated carbocycles. The molecule has 2 aromatic rings. The predicted molar refractivity (Wildman–Crippen MR) is 85.4 cm³/mol. The van der Waals surface area contributed by atoms with Crippen LogP contribution in [-0.4, -0.2) is 4.98 Å². The molecule has 0 spiro atoms. The van der Waals surface area contributed by atoms with Crippen molar-refractivity contribution in [2.75, 3.05) is 0 Å². The van der Waals surface area contributed by atoms with Gasteiger partial charge in [-0.2, -0.15) is 0 Å². The van der Waals surface area contributed by atoms with E-state index in [2.05, 4.69) is 49.4 Å². The number of thiazole rings is 1. The van der Waals surface area contributed by atoms with E-state index >= 15 is 0 Å². The van der Waals surface area contributed by atoms with Crippen LogP contribution in [0.1, 0.15) is 49.3 Å². The predicted octanol–water partition coefficient (Wildman–Crippen LogP) is 5.01. The van der Waals surface area contributed by atoms with Gasteiger partial charge in [0.1, 0.15) is 0 Å². The fourth-order valence-corrected chi connectivity index (χ4v) is 3.65. The zero-order chi connectivity index (χ0) is 14.0. The summed E-state index contributed by atoms with van der Waals surface area (Å²) in [5.74, 6) is 0. The zero-order valence-corrected chi connectivity index (χ0v) is 14.0. The van der Waals surface area contributed by atoms with Gasteiger partial charge in [0.15, 0.2) is 0 Å². The molecular formula is C14H19ClN2S2. The second-order valence-electron chi connectivity index (χ2n) is 5.64. The molecule has 0 aliphatic carbocycles. The van der Waals surface area contributed by atoms with Crippen molar-refractivity contribution in [2.45, 2.75) is 45.7 Å². The summed E-state index contributed by atoms with van der Waals surface area (Å²) in [5, 5.41) is 6.82. The highest BCUT2D eigenvalue weighted by Gasteiger charge is 2.18. The van der Waals surface area contributed by atoms with Crippen molar-refractivity contribution >= 4 is 34.3 Å². The quantitative estimate of drug-likeness (QED) is 0.858. The number of nitrogens with zero attached hydrogens (tertiary/aromatic N) is 1. The van der Waals surface area contributed by atoms with Crippen LogP contribution in [0.4, 0.5) is 0 Å². The highest BCUT2D eigenvalue weighted by atomic mass is 35.5. The van der Waals surface area contributed by atoms with E-state index in [1.54, 1.807) is 22.7 Å². The molecule has 5 heteroatoms. The average Bonchev–Trinajstić information content (AvgIpc) is 2.93. The largest absolute Gasteiger partial charge is 0.304 e. The Morgan fingerprint density at radius 3 is 2.63 bits per heavy atom. The summed E-state index contributed by atoms with van der Waals surface area (Å²) in [4.78, 5) is 5.95. The lowest BCUT2D eigenvalue weighted by Crippen LogP contribution is -2.18. The van der Waals surface area contributed by atoms with Crippen LogP contribution in [0.2, 0.25) is 4.34 Å². The number of hydrogen-bond acceptors (Lipinski definition) is 4. The van der Waals surface area contributed by atoms with Crippen molar-refractivity contribution < 1.29 is 0 Å². The third-order valence-electron chi connectivity index (χ3n) is 2.80. The number of nitrogens with one attached hydrogen (secondary N) is 1. The summed E-state index contributed by atoms with van der Waals surface area (Å²) in [7, 11) is 0. The minimum atomic E-state index is 0.135. The Balaban J connectivity index is 1.94. The molecule has 0 amide bonds. The molecule has 2 nitrogen and oxygen atoms in total.